The summed E-state index contributed by atoms with van der Waals surface area (Å²) in [4.78, 5) is 21.8. The van der Waals surface area contributed by atoms with Gasteiger partial charge in [0.05, 0.1) is 17.6 Å². The van der Waals surface area contributed by atoms with E-state index in [1.54, 1.807) is 0 Å². The molecule has 2 aromatic rings. The van der Waals surface area contributed by atoms with Crippen LogP contribution in [0.3, 0.4) is 0 Å². The smallest absolute Gasteiger partial charge is 0.328 e. The van der Waals surface area contributed by atoms with E-state index in [1.165, 1.54) is 0 Å². The number of nitrogens with zero attached hydrogens (tertiary/aromatic N) is 2. The second-order valence-corrected chi connectivity index (χ2v) is 4.68. The quantitative estimate of drug-likeness (QED) is 0.857. The van der Waals surface area contributed by atoms with E-state index in [0.29, 0.717) is 6.61 Å². The van der Waals surface area contributed by atoms with E-state index in [1.807, 2.05) is 36.1 Å². The van der Waals surface area contributed by atoms with Crippen LogP contribution in [0.5, 0.6) is 0 Å². The van der Waals surface area contributed by atoms with Crippen molar-refractivity contribution in [3.05, 3.63) is 24.3 Å². The standard InChI is InChI=1S/C14H17N3O2/c1-2-19-13(18)12-8-5-9-17(12)14-15-10-6-3-4-7-11(10)16-14/h3-4,6-7,12H,2,5,8-9H2,1H3,(H,15,16). The number of para-hydroxylation sites is 2. The van der Waals surface area contributed by atoms with Gasteiger partial charge in [-0.3, -0.25) is 0 Å². The van der Waals surface area contributed by atoms with E-state index in [0.717, 1.165) is 36.4 Å². The van der Waals surface area contributed by atoms with Gasteiger partial charge in [0, 0.05) is 6.54 Å². The van der Waals surface area contributed by atoms with Gasteiger partial charge in [-0.1, -0.05) is 12.1 Å². The lowest BCUT2D eigenvalue weighted by molar-refractivity contribution is -0.144. The maximum atomic E-state index is 11.9. The number of ether oxygens (including phenoxy) is 1. The number of aromatic nitrogens is 2. The van der Waals surface area contributed by atoms with Crippen LogP contribution in [-0.4, -0.2) is 35.1 Å². The summed E-state index contributed by atoms with van der Waals surface area (Å²) in [7, 11) is 0. The first kappa shape index (κ1) is 12.0. The summed E-state index contributed by atoms with van der Waals surface area (Å²) >= 11 is 0. The van der Waals surface area contributed by atoms with Crippen LogP contribution in [0.1, 0.15) is 19.8 Å². The van der Waals surface area contributed by atoms with Gasteiger partial charge >= 0.3 is 5.97 Å². The lowest BCUT2D eigenvalue weighted by Gasteiger charge is -2.22. The Hall–Kier alpha value is -2.04. The Bertz CT molecular complexity index is 560. The van der Waals surface area contributed by atoms with Crippen LogP contribution >= 0.6 is 0 Å². The molecule has 5 nitrogen and oxygen atoms in total. The van der Waals surface area contributed by atoms with Crippen molar-refractivity contribution >= 4 is 23.0 Å². The van der Waals surface area contributed by atoms with Crippen LogP contribution in [0.4, 0.5) is 5.95 Å². The van der Waals surface area contributed by atoms with E-state index in [4.69, 9.17) is 4.74 Å². The van der Waals surface area contributed by atoms with Crippen LogP contribution in [0.15, 0.2) is 24.3 Å². The molecule has 0 radical (unpaired) electrons. The third-order valence-electron chi connectivity index (χ3n) is 3.46. The van der Waals surface area contributed by atoms with Crippen LogP contribution in [0.2, 0.25) is 0 Å². The molecule has 1 atom stereocenters. The number of H-pyrrole nitrogens is 1. The fourth-order valence-electron chi connectivity index (χ4n) is 2.58. The normalized spacial score (nSPS) is 19.0. The molecular weight excluding hydrogens is 242 g/mol. The molecule has 1 aromatic heterocycles. The summed E-state index contributed by atoms with van der Waals surface area (Å²) in [6, 6.07) is 7.67. The minimum Gasteiger partial charge on any atom is -0.464 e. The Balaban J connectivity index is 1.89. The van der Waals surface area contributed by atoms with Crippen molar-refractivity contribution in [2.75, 3.05) is 18.1 Å². The highest BCUT2D eigenvalue weighted by Gasteiger charge is 2.33. The highest BCUT2D eigenvalue weighted by molar-refractivity contribution is 5.82. The van der Waals surface area contributed by atoms with Crippen LogP contribution in [0, 0.1) is 0 Å². The van der Waals surface area contributed by atoms with Gasteiger partial charge in [-0.15, -0.1) is 0 Å². The summed E-state index contributed by atoms with van der Waals surface area (Å²) in [5, 5.41) is 0. The molecule has 1 saturated heterocycles. The highest BCUT2D eigenvalue weighted by atomic mass is 16.5. The van der Waals surface area contributed by atoms with Crippen molar-refractivity contribution in [2.45, 2.75) is 25.8 Å². The monoisotopic (exact) mass is 259 g/mol. The Morgan fingerprint density at radius 3 is 3.16 bits per heavy atom. The average molecular weight is 259 g/mol. The molecule has 1 unspecified atom stereocenters. The number of imidazole rings is 1. The van der Waals surface area contributed by atoms with E-state index < -0.39 is 0 Å². The van der Waals surface area contributed by atoms with Crippen molar-refractivity contribution in [3.8, 4) is 0 Å². The van der Waals surface area contributed by atoms with Gasteiger partial charge in [-0.2, -0.15) is 0 Å². The molecule has 100 valence electrons. The summed E-state index contributed by atoms with van der Waals surface area (Å²) in [6.45, 7) is 3.09. The third-order valence-corrected chi connectivity index (χ3v) is 3.46. The van der Waals surface area contributed by atoms with E-state index >= 15 is 0 Å². The van der Waals surface area contributed by atoms with Crippen molar-refractivity contribution in [2.24, 2.45) is 0 Å². The van der Waals surface area contributed by atoms with Gasteiger partial charge in [0.2, 0.25) is 5.95 Å². The van der Waals surface area contributed by atoms with Crippen molar-refractivity contribution in [1.82, 2.24) is 9.97 Å². The largest absolute Gasteiger partial charge is 0.464 e. The lowest BCUT2D eigenvalue weighted by Crippen LogP contribution is -2.38. The molecule has 0 saturated carbocycles. The van der Waals surface area contributed by atoms with Crippen molar-refractivity contribution in [3.63, 3.8) is 0 Å². The molecule has 3 rings (SSSR count). The first-order chi connectivity index (χ1) is 9.29. The lowest BCUT2D eigenvalue weighted by atomic mass is 10.2. The molecule has 1 N–H and O–H groups in total. The number of fused-ring (bicyclic) bond motifs is 1. The summed E-state index contributed by atoms with van der Waals surface area (Å²) in [6.07, 6.45) is 1.82. The van der Waals surface area contributed by atoms with E-state index in [-0.39, 0.29) is 12.0 Å². The Labute approximate surface area is 111 Å². The minimum atomic E-state index is -0.208. The second kappa shape index (κ2) is 4.91. The molecule has 1 fully saturated rings. The molecule has 5 heteroatoms. The van der Waals surface area contributed by atoms with Gasteiger partial charge in [0.15, 0.2) is 0 Å². The molecule has 1 aromatic carbocycles. The Morgan fingerprint density at radius 1 is 1.53 bits per heavy atom. The summed E-state index contributed by atoms with van der Waals surface area (Å²) in [5.41, 5.74) is 1.92. The van der Waals surface area contributed by atoms with Gasteiger partial charge in [-0.25, -0.2) is 9.78 Å². The van der Waals surface area contributed by atoms with Gasteiger partial charge in [0.25, 0.3) is 0 Å². The predicted octanol–water partition coefficient (Wildman–Crippen LogP) is 2.09. The molecular formula is C14H17N3O2. The number of anilines is 1. The number of carbonyl (C=O) groups is 1. The number of esters is 1. The second-order valence-electron chi connectivity index (χ2n) is 4.68. The average Bonchev–Trinajstić information content (AvgIpc) is 3.05. The first-order valence-corrected chi connectivity index (χ1v) is 6.67. The SMILES string of the molecule is CCOC(=O)C1CCCN1c1nc2ccccc2[nH]1. The number of aromatic amines is 1. The highest BCUT2D eigenvalue weighted by Crippen LogP contribution is 2.26. The zero-order valence-corrected chi connectivity index (χ0v) is 10.9. The molecule has 19 heavy (non-hydrogen) atoms. The molecule has 0 aliphatic carbocycles. The number of benzene rings is 1. The van der Waals surface area contributed by atoms with Gasteiger partial charge in [-0.05, 0) is 31.9 Å². The molecule has 0 amide bonds. The number of rotatable bonds is 3. The maximum Gasteiger partial charge on any atom is 0.328 e. The van der Waals surface area contributed by atoms with Crippen LogP contribution < -0.4 is 4.90 Å². The predicted molar refractivity (Wildman–Crippen MR) is 73.1 cm³/mol. The Morgan fingerprint density at radius 2 is 2.37 bits per heavy atom. The molecule has 1 aliphatic heterocycles. The third kappa shape index (κ3) is 2.16. The molecule has 0 spiro atoms. The molecule has 1 aliphatic rings. The number of nitrogens with one attached hydrogen (secondary N) is 1. The fourth-order valence-corrected chi connectivity index (χ4v) is 2.58. The van der Waals surface area contributed by atoms with Crippen molar-refractivity contribution in [1.29, 1.82) is 0 Å². The minimum absolute atomic E-state index is 0.152. The summed E-state index contributed by atoms with van der Waals surface area (Å²) < 4.78 is 5.13. The fraction of sp³-hybridized carbons (Fsp3) is 0.429. The van der Waals surface area contributed by atoms with E-state index in [2.05, 4.69) is 9.97 Å². The summed E-state index contributed by atoms with van der Waals surface area (Å²) in [5.74, 6) is 0.609. The number of hydrogen-bond acceptors (Lipinski definition) is 4. The van der Waals surface area contributed by atoms with Gasteiger partial charge < -0.3 is 14.6 Å². The van der Waals surface area contributed by atoms with Crippen LogP contribution in [0.25, 0.3) is 11.0 Å². The number of carbonyl (C=O) groups excluding carboxylic acids is 1. The van der Waals surface area contributed by atoms with Crippen molar-refractivity contribution < 1.29 is 9.53 Å². The topological polar surface area (TPSA) is 58.2 Å². The molecule has 0 bridgehead atoms. The molecule has 2 heterocycles. The number of hydrogen-bond donors (Lipinski definition) is 1. The maximum absolute atomic E-state index is 11.9. The van der Waals surface area contributed by atoms with Gasteiger partial charge in [0.1, 0.15) is 6.04 Å². The Kier molecular flexibility index (Phi) is 3.11. The zero-order chi connectivity index (χ0) is 13.2. The first-order valence-electron chi connectivity index (χ1n) is 6.67. The van der Waals surface area contributed by atoms with E-state index in [9.17, 15) is 4.79 Å². The van der Waals surface area contributed by atoms with Crippen LogP contribution in [-0.2, 0) is 9.53 Å². The zero-order valence-electron chi connectivity index (χ0n) is 10.9.